The lowest BCUT2D eigenvalue weighted by Gasteiger charge is -2.36. The van der Waals surface area contributed by atoms with Gasteiger partial charge in [0.2, 0.25) is 0 Å². The largest absolute Gasteiger partial charge is 0.310 e. The summed E-state index contributed by atoms with van der Waals surface area (Å²) >= 11 is 0. The number of nitrogens with zero attached hydrogens (tertiary/aromatic N) is 2. The van der Waals surface area contributed by atoms with Crippen LogP contribution >= 0.6 is 0 Å². The Morgan fingerprint density at radius 1 is 0.138 bits per heavy atom. The van der Waals surface area contributed by atoms with Crippen LogP contribution in [0.3, 0.4) is 0 Å². The molecule has 0 spiro atoms. The molecule has 116 heavy (non-hydrogen) atoms. The van der Waals surface area contributed by atoms with E-state index in [-0.39, 0.29) is 0 Å². The van der Waals surface area contributed by atoms with Crippen LogP contribution in [0.5, 0.6) is 0 Å². The van der Waals surface area contributed by atoms with Gasteiger partial charge in [0.15, 0.2) is 0 Å². The summed E-state index contributed by atoms with van der Waals surface area (Å²) in [5.74, 6) is 0. The third-order valence-corrected chi connectivity index (χ3v) is 25.5. The molecule has 18 aromatic rings. The van der Waals surface area contributed by atoms with Crippen LogP contribution in [-0.4, -0.2) is 0 Å². The molecule has 2 heteroatoms. The number of fused-ring (bicyclic) bond motifs is 12. The van der Waals surface area contributed by atoms with Crippen molar-refractivity contribution >= 4 is 46.3 Å². The molecular formula is C114H78N2. The second kappa shape index (κ2) is 27.6. The van der Waals surface area contributed by atoms with E-state index in [4.69, 9.17) is 0 Å². The van der Waals surface area contributed by atoms with Gasteiger partial charge in [0.1, 0.15) is 0 Å². The number of para-hydroxylation sites is 4. The zero-order chi connectivity index (χ0) is 76.8. The predicted octanol–water partition coefficient (Wildman–Crippen LogP) is 28.2. The molecule has 0 aromatic heterocycles. The summed E-state index contributed by atoms with van der Waals surface area (Å²) in [7, 11) is 0. The van der Waals surface area contributed by atoms with Crippen LogP contribution in [0.2, 0.25) is 0 Å². The molecule has 0 radical (unpaired) electrons. The van der Waals surface area contributed by atoms with E-state index in [1.54, 1.807) is 0 Å². The third kappa shape index (κ3) is 10.2. The predicted molar refractivity (Wildman–Crippen MR) is 480 cm³/mol. The lowest BCUT2D eigenvalue weighted by molar-refractivity contribution is 0.758. The Kier molecular flexibility index (Phi) is 16.2. The van der Waals surface area contributed by atoms with E-state index in [0.29, 0.717) is 0 Å². The maximum absolute atomic E-state index is 2.60. The van der Waals surface area contributed by atoms with Crippen LogP contribution in [0.25, 0.3) is 56.7 Å². The van der Waals surface area contributed by atoms with Crippen molar-refractivity contribution < 1.29 is 0 Å². The van der Waals surface area contributed by atoms with Crippen LogP contribution < -0.4 is 9.80 Å². The summed E-state index contributed by atoms with van der Waals surface area (Å²) in [6.07, 6.45) is 4.73. The maximum atomic E-state index is 2.60. The van der Waals surface area contributed by atoms with Crippen molar-refractivity contribution in [3.05, 3.63) is 561 Å². The van der Waals surface area contributed by atoms with Crippen molar-refractivity contribution in [1.29, 1.82) is 0 Å². The van der Waals surface area contributed by atoms with Crippen molar-refractivity contribution in [2.45, 2.75) is 21.7 Å². The fourth-order valence-corrected chi connectivity index (χ4v) is 20.8. The highest BCUT2D eigenvalue weighted by molar-refractivity contribution is 5.99. The first-order valence-electron chi connectivity index (χ1n) is 40.4. The Labute approximate surface area is 678 Å². The first kappa shape index (κ1) is 68.1. The Hall–Kier alpha value is -14.7. The van der Waals surface area contributed by atoms with Gasteiger partial charge >= 0.3 is 0 Å². The monoisotopic (exact) mass is 1470 g/mol. The molecular weight excluding hydrogens is 1400 g/mol. The minimum atomic E-state index is -0.717. The van der Waals surface area contributed by atoms with Crippen molar-refractivity contribution in [1.82, 2.24) is 0 Å². The minimum absolute atomic E-state index is 0.708. The summed E-state index contributed by atoms with van der Waals surface area (Å²) in [4.78, 5) is 4.81. The molecule has 0 heterocycles. The SMILES string of the molecule is C(=C\c1ccc2c(c1)C(c1ccccc1)(c1ccccc1)c1cc3c(cc1-2)C(c1ccccc1)(c1ccccc1)c1cc(N(c2ccccc2)c2ccccc2)ccc1-3)/c1ccc2c(c1)C(c1ccccc1)(c1ccccc1)c1cc3c(cc1-2)C(c1ccccc1)(c1ccccc1)c1cc(N(c2ccccc2)c2ccccc2)ccc1-3. The first-order chi connectivity index (χ1) is 57.5. The molecule has 0 N–H and O–H groups in total. The van der Waals surface area contributed by atoms with Gasteiger partial charge in [-0.25, -0.2) is 0 Å². The molecule has 0 saturated heterocycles. The van der Waals surface area contributed by atoms with E-state index < -0.39 is 21.7 Å². The van der Waals surface area contributed by atoms with E-state index >= 15 is 0 Å². The molecule has 4 aliphatic carbocycles. The second-order valence-electron chi connectivity index (χ2n) is 31.2. The van der Waals surface area contributed by atoms with Gasteiger partial charge in [0.25, 0.3) is 0 Å². The second-order valence-corrected chi connectivity index (χ2v) is 31.2. The summed E-state index contributed by atoms with van der Waals surface area (Å²) in [5.41, 5.74) is 35.7. The average molecular weight is 1480 g/mol. The standard InChI is InChI=1S/C114H78N2/c1-13-37-81(38-14-1)111(82-39-15-2-16-40-82)103-71-79(63-67-95(103)99-75-109-101(77-107(99)111)97-69-65-93(115(89-53-29-9-30-54-89)90-55-31-10-32-56-90)73-105(97)113(109,85-45-21-5-22-46-85)86-47-23-6-24-48-86)61-62-80-64-68-96-100-76-110-102(78-108(100)112(104(96)72-80,83-41-17-3-18-42-83)84-43-19-4-20-44-84)98-70-66-94(116(91-57-33-11-34-58-91)92-59-35-12-36-60-92)74-106(98)114(110,87-49-25-7-26-50-87)88-51-27-8-28-52-88/h1-78H/b62-61+. The smallest absolute Gasteiger partial charge is 0.0714 e. The molecule has 0 bridgehead atoms. The Morgan fingerprint density at radius 2 is 0.310 bits per heavy atom. The van der Waals surface area contributed by atoms with Crippen molar-refractivity contribution in [3.63, 3.8) is 0 Å². The van der Waals surface area contributed by atoms with Gasteiger partial charge in [-0.1, -0.05) is 364 Å². The normalized spacial score (nSPS) is 14.1. The molecule has 0 fully saturated rings. The van der Waals surface area contributed by atoms with E-state index in [1.165, 1.54) is 134 Å². The number of benzene rings is 18. The summed E-state index contributed by atoms with van der Waals surface area (Å²) in [6, 6.07) is 173. The molecule has 18 aromatic carbocycles. The molecule has 2 nitrogen and oxygen atoms in total. The highest BCUT2D eigenvalue weighted by Crippen LogP contribution is 2.66. The third-order valence-electron chi connectivity index (χ3n) is 25.5. The molecule has 0 amide bonds. The van der Waals surface area contributed by atoms with E-state index in [2.05, 4.69) is 483 Å². The highest BCUT2D eigenvalue weighted by Gasteiger charge is 2.54. The Balaban J connectivity index is 0.731. The van der Waals surface area contributed by atoms with Gasteiger partial charge < -0.3 is 9.80 Å². The van der Waals surface area contributed by atoms with Crippen molar-refractivity contribution in [2.75, 3.05) is 9.80 Å². The first-order valence-corrected chi connectivity index (χ1v) is 40.4. The fraction of sp³-hybridized carbons (Fsp3) is 0.0351. The lowest BCUT2D eigenvalue weighted by atomic mass is 9.66. The number of rotatable bonds is 16. The van der Waals surface area contributed by atoms with Gasteiger partial charge in [0, 0.05) is 34.1 Å². The van der Waals surface area contributed by atoms with Gasteiger partial charge in [0.05, 0.1) is 21.7 Å². The Morgan fingerprint density at radius 3 is 0.517 bits per heavy atom. The summed E-state index contributed by atoms with van der Waals surface area (Å²) in [5, 5.41) is 0. The van der Waals surface area contributed by atoms with Crippen LogP contribution in [0.1, 0.15) is 100 Å². The van der Waals surface area contributed by atoms with Gasteiger partial charge in [-0.3, -0.25) is 0 Å². The topological polar surface area (TPSA) is 6.48 Å². The van der Waals surface area contributed by atoms with Gasteiger partial charge in [-0.15, -0.1) is 0 Å². The number of hydrogen-bond acceptors (Lipinski definition) is 2. The molecule has 0 unspecified atom stereocenters. The van der Waals surface area contributed by atoms with Crippen LogP contribution in [0.15, 0.2) is 461 Å². The highest BCUT2D eigenvalue weighted by atomic mass is 15.1. The van der Waals surface area contributed by atoms with Gasteiger partial charge in [-0.2, -0.15) is 0 Å². The van der Waals surface area contributed by atoms with Crippen LogP contribution in [-0.2, 0) is 21.7 Å². The van der Waals surface area contributed by atoms with Crippen LogP contribution in [0, 0.1) is 0 Å². The Bertz CT molecular complexity index is 6110. The number of hydrogen-bond donors (Lipinski definition) is 0. The van der Waals surface area contributed by atoms with Crippen molar-refractivity contribution in [2.24, 2.45) is 0 Å². The maximum Gasteiger partial charge on any atom is 0.0714 e. The minimum Gasteiger partial charge on any atom is -0.310 e. The van der Waals surface area contributed by atoms with Crippen molar-refractivity contribution in [3.8, 4) is 44.5 Å². The molecule has 544 valence electrons. The van der Waals surface area contributed by atoms with Crippen LogP contribution in [0.4, 0.5) is 34.1 Å². The van der Waals surface area contributed by atoms with E-state index in [1.807, 2.05) is 0 Å². The van der Waals surface area contributed by atoms with E-state index in [9.17, 15) is 0 Å². The molecule has 22 rings (SSSR count). The average Bonchev–Trinajstić information content (AvgIpc) is 1.51. The number of anilines is 6. The molecule has 0 aliphatic heterocycles. The fourth-order valence-electron chi connectivity index (χ4n) is 20.8. The summed E-state index contributed by atoms with van der Waals surface area (Å²) < 4.78 is 0. The van der Waals surface area contributed by atoms with Gasteiger partial charge in [-0.05, 0) is 254 Å². The molecule has 4 aliphatic rings. The lowest BCUT2D eigenvalue weighted by Crippen LogP contribution is -2.30. The van der Waals surface area contributed by atoms with E-state index in [0.717, 1.165) is 45.3 Å². The molecule has 0 atom stereocenters. The zero-order valence-electron chi connectivity index (χ0n) is 63.9. The summed E-state index contributed by atoms with van der Waals surface area (Å²) in [6.45, 7) is 0. The molecule has 0 saturated carbocycles. The zero-order valence-corrected chi connectivity index (χ0v) is 63.9. The quantitative estimate of drug-likeness (QED) is 0.0890.